The molecule has 5 heteroatoms. The van der Waals surface area contributed by atoms with E-state index in [2.05, 4.69) is 0 Å². The normalized spacial score (nSPS) is 21.8. The fourth-order valence-electron chi connectivity index (χ4n) is 1.58. The van der Waals surface area contributed by atoms with E-state index in [9.17, 15) is 13.6 Å². The molecular formula is C11H10ClF2NO. The van der Waals surface area contributed by atoms with E-state index in [1.807, 2.05) is 0 Å². The Bertz CT molecular complexity index is 448. The lowest BCUT2D eigenvalue weighted by Crippen LogP contribution is -2.05. The van der Waals surface area contributed by atoms with Crippen molar-refractivity contribution in [2.75, 3.05) is 5.73 Å². The number of nitrogens with two attached hydrogens (primary N) is 1. The zero-order chi connectivity index (χ0) is 11.9. The average Bonchev–Trinajstić information content (AvgIpc) is 2.77. The lowest BCUT2D eigenvalue weighted by molar-refractivity contribution is 0.0833. The van der Waals surface area contributed by atoms with Crippen LogP contribution in [0.1, 0.15) is 23.2 Å². The van der Waals surface area contributed by atoms with Crippen LogP contribution in [0.25, 0.3) is 0 Å². The van der Waals surface area contributed by atoms with Crippen LogP contribution in [0.15, 0.2) is 18.2 Å². The Morgan fingerprint density at radius 3 is 2.75 bits per heavy atom. The number of nitrogen functional groups attached to an aromatic ring is 1. The van der Waals surface area contributed by atoms with Crippen molar-refractivity contribution in [2.24, 2.45) is 5.92 Å². The van der Waals surface area contributed by atoms with Crippen molar-refractivity contribution in [1.82, 2.24) is 0 Å². The fourth-order valence-corrected chi connectivity index (χ4v) is 1.80. The van der Waals surface area contributed by atoms with E-state index in [0.717, 1.165) is 0 Å². The summed E-state index contributed by atoms with van der Waals surface area (Å²) in [6.45, 7) is 0. The Hall–Kier alpha value is -1.16. The van der Waals surface area contributed by atoms with Crippen molar-refractivity contribution in [3.63, 3.8) is 0 Å². The fraction of sp³-hybridized carbons (Fsp3) is 0.364. The number of carbonyl (C=O) groups excluding carboxylic acids is 1. The van der Waals surface area contributed by atoms with Crippen LogP contribution in [-0.2, 0) is 0 Å². The molecule has 0 spiro atoms. The van der Waals surface area contributed by atoms with Crippen LogP contribution < -0.4 is 5.73 Å². The van der Waals surface area contributed by atoms with Gasteiger partial charge in [0.25, 0.3) is 5.92 Å². The molecule has 2 rings (SSSR count). The Balaban J connectivity index is 2.12. The summed E-state index contributed by atoms with van der Waals surface area (Å²) in [7, 11) is 0. The molecule has 0 amide bonds. The van der Waals surface area contributed by atoms with Gasteiger partial charge in [0.1, 0.15) is 0 Å². The molecule has 2 nitrogen and oxygen atoms in total. The first-order valence-electron chi connectivity index (χ1n) is 4.86. The lowest BCUT2D eigenvalue weighted by atomic mass is 10.1. The van der Waals surface area contributed by atoms with Crippen molar-refractivity contribution in [2.45, 2.75) is 18.8 Å². The van der Waals surface area contributed by atoms with Crippen LogP contribution in [0.5, 0.6) is 0 Å². The number of halogens is 3. The molecule has 1 atom stereocenters. The molecule has 1 unspecified atom stereocenters. The maximum Gasteiger partial charge on any atom is 0.252 e. The van der Waals surface area contributed by atoms with Crippen molar-refractivity contribution < 1.29 is 13.6 Å². The Labute approximate surface area is 96.4 Å². The smallest absolute Gasteiger partial charge is 0.252 e. The van der Waals surface area contributed by atoms with Gasteiger partial charge in [0, 0.05) is 30.0 Å². The van der Waals surface area contributed by atoms with Gasteiger partial charge < -0.3 is 5.73 Å². The standard InChI is InChI=1S/C11H10ClF2NO/c12-9-2-1-7(15)4-8(9)10(16)3-6-5-11(6,13)14/h1-2,4,6H,3,5,15H2. The summed E-state index contributed by atoms with van der Waals surface area (Å²) in [5.74, 6) is -3.89. The minimum Gasteiger partial charge on any atom is -0.399 e. The van der Waals surface area contributed by atoms with Crippen LogP contribution in [0.4, 0.5) is 14.5 Å². The third kappa shape index (κ3) is 2.16. The highest BCUT2D eigenvalue weighted by atomic mass is 35.5. The minimum absolute atomic E-state index is 0.170. The maximum absolute atomic E-state index is 12.6. The molecule has 1 aromatic rings. The molecule has 86 valence electrons. The minimum atomic E-state index is -2.68. The number of Topliss-reactive ketones (excluding diaryl/α,β-unsaturated/α-hetero) is 1. The molecule has 1 aromatic carbocycles. The lowest BCUT2D eigenvalue weighted by Gasteiger charge is -2.04. The molecule has 2 N–H and O–H groups in total. The van der Waals surface area contributed by atoms with Gasteiger partial charge in [-0.2, -0.15) is 0 Å². The molecule has 1 aliphatic carbocycles. The van der Waals surface area contributed by atoms with Gasteiger partial charge in [-0.3, -0.25) is 4.79 Å². The summed E-state index contributed by atoms with van der Waals surface area (Å²) in [4.78, 5) is 11.7. The number of rotatable bonds is 3. The van der Waals surface area contributed by atoms with E-state index < -0.39 is 11.8 Å². The number of alkyl halides is 2. The molecule has 1 fully saturated rings. The predicted octanol–water partition coefficient (Wildman–Crippen LogP) is 3.15. The number of ketones is 1. The van der Waals surface area contributed by atoms with Gasteiger partial charge in [-0.25, -0.2) is 8.78 Å². The first-order valence-corrected chi connectivity index (χ1v) is 5.24. The van der Waals surface area contributed by atoms with E-state index in [0.29, 0.717) is 5.69 Å². The quantitative estimate of drug-likeness (QED) is 0.657. The third-order valence-corrected chi connectivity index (χ3v) is 3.01. The first-order chi connectivity index (χ1) is 7.40. The van der Waals surface area contributed by atoms with Crippen molar-refractivity contribution in [3.8, 4) is 0 Å². The summed E-state index contributed by atoms with van der Waals surface area (Å²) < 4.78 is 25.3. The number of anilines is 1. The summed E-state index contributed by atoms with van der Waals surface area (Å²) in [5.41, 5.74) is 6.13. The van der Waals surface area contributed by atoms with Crippen LogP contribution in [0, 0.1) is 5.92 Å². The highest BCUT2D eigenvalue weighted by Gasteiger charge is 2.57. The highest BCUT2D eigenvalue weighted by Crippen LogP contribution is 2.51. The third-order valence-electron chi connectivity index (χ3n) is 2.68. The van der Waals surface area contributed by atoms with Crippen molar-refractivity contribution >= 4 is 23.1 Å². The molecule has 1 aliphatic rings. The molecular weight excluding hydrogens is 236 g/mol. The van der Waals surface area contributed by atoms with E-state index >= 15 is 0 Å². The monoisotopic (exact) mass is 245 g/mol. The highest BCUT2D eigenvalue weighted by molar-refractivity contribution is 6.34. The second-order valence-corrected chi connectivity index (χ2v) is 4.44. The topological polar surface area (TPSA) is 43.1 Å². The molecule has 0 aliphatic heterocycles. The first kappa shape index (κ1) is 11.3. The molecule has 16 heavy (non-hydrogen) atoms. The average molecular weight is 246 g/mol. The summed E-state index contributed by atoms with van der Waals surface area (Å²) in [5, 5.41) is 0.253. The van der Waals surface area contributed by atoms with Crippen molar-refractivity contribution in [1.29, 1.82) is 0 Å². The molecule has 0 bridgehead atoms. The molecule has 0 saturated heterocycles. The van der Waals surface area contributed by atoms with E-state index in [-0.39, 0.29) is 29.2 Å². The maximum atomic E-state index is 12.6. The largest absolute Gasteiger partial charge is 0.399 e. The number of carbonyl (C=O) groups is 1. The Morgan fingerprint density at radius 2 is 2.19 bits per heavy atom. The molecule has 0 aromatic heterocycles. The summed E-state index contributed by atoms with van der Waals surface area (Å²) in [6, 6.07) is 4.48. The van der Waals surface area contributed by atoms with Gasteiger partial charge in [0.15, 0.2) is 5.78 Å². The predicted molar refractivity (Wildman–Crippen MR) is 57.9 cm³/mol. The van der Waals surface area contributed by atoms with Gasteiger partial charge in [-0.05, 0) is 18.2 Å². The van der Waals surface area contributed by atoms with Gasteiger partial charge in [-0.15, -0.1) is 0 Å². The van der Waals surface area contributed by atoms with Crippen molar-refractivity contribution in [3.05, 3.63) is 28.8 Å². The summed E-state index contributed by atoms with van der Waals surface area (Å²) >= 11 is 5.80. The second kappa shape index (κ2) is 3.70. The van der Waals surface area contributed by atoms with E-state index in [4.69, 9.17) is 17.3 Å². The van der Waals surface area contributed by atoms with Crippen LogP contribution >= 0.6 is 11.6 Å². The van der Waals surface area contributed by atoms with Gasteiger partial charge in [0.2, 0.25) is 0 Å². The van der Waals surface area contributed by atoms with Crippen LogP contribution in [0.2, 0.25) is 5.02 Å². The van der Waals surface area contributed by atoms with Gasteiger partial charge in [0.05, 0.1) is 5.02 Å². The molecule has 1 saturated carbocycles. The number of hydrogen-bond donors (Lipinski definition) is 1. The Morgan fingerprint density at radius 1 is 1.56 bits per heavy atom. The number of hydrogen-bond acceptors (Lipinski definition) is 2. The number of benzene rings is 1. The van der Waals surface area contributed by atoms with Gasteiger partial charge in [-0.1, -0.05) is 11.6 Å². The van der Waals surface area contributed by atoms with Crippen LogP contribution in [-0.4, -0.2) is 11.7 Å². The van der Waals surface area contributed by atoms with E-state index in [1.54, 1.807) is 6.07 Å². The second-order valence-electron chi connectivity index (χ2n) is 4.03. The molecule has 0 heterocycles. The van der Waals surface area contributed by atoms with E-state index in [1.165, 1.54) is 12.1 Å². The molecule has 0 radical (unpaired) electrons. The SMILES string of the molecule is Nc1ccc(Cl)c(C(=O)CC2CC2(F)F)c1. The van der Waals surface area contributed by atoms with Crippen LogP contribution in [0.3, 0.4) is 0 Å². The zero-order valence-electron chi connectivity index (χ0n) is 8.34. The zero-order valence-corrected chi connectivity index (χ0v) is 9.10. The Kier molecular flexibility index (Phi) is 2.62. The van der Waals surface area contributed by atoms with Gasteiger partial charge >= 0.3 is 0 Å². The summed E-state index contributed by atoms with van der Waals surface area (Å²) in [6.07, 6.45) is -0.380.